The summed E-state index contributed by atoms with van der Waals surface area (Å²) in [6.45, 7) is 9.67. The first-order chi connectivity index (χ1) is 8.66. The molecule has 0 unspecified atom stereocenters. The first-order valence-corrected chi connectivity index (χ1v) is 7.44. The second kappa shape index (κ2) is 6.69. The lowest BCUT2D eigenvalue weighted by atomic mass is 10.1. The van der Waals surface area contributed by atoms with Gasteiger partial charge in [-0.05, 0) is 46.2 Å². The number of rotatable bonds is 4. The molecule has 0 spiro atoms. The van der Waals surface area contributed by atoms with Crippen molar-refractivity contribution in [3.63, 3.8) is 0 Å². The van der Waals surface area contributed by atoms with E-state index >= 15 is 0 Å². The van der Waals surface area contributed by atoms with Crippen LogP contribution in [0.25, 0.3) is 0 Å². The minimum atomic E-state index is -0.144. The molecular formula is C15H28N2O. The van der Waals surface area contributed by atoms with Crippen molar-refractivity contribution >= 4 is 0 Å². The Balaban J connectivity index is 1.78. The van der Waals surface area contributed by atoms with Crippen molar-refractivity contribution in [3.8, 4) is 0 Å². The van der Waals surface area contributed by atoms with Crippen molar-refractivity contribution in [2.75, 3.05) is 32.7 Å². The second-order valence-corrected chi connectivity index (χ2v) is 6.06. The number of hydrogen-bond acceptors (Lipinski definition) is 3. The van der Waals surface area contributed by atoms with E-state index in [-0.39, 0.29) is 6.10 Å². The van der Waals surface area contributed by atoms with Crippen LogP contribution in [0.3, 0.4) is 0 Å². The Morgan fingerprint density at radius 2 is 1.89 bits per heavy atom. The van der Waals surface area contributed by atoms with Crippen molar-refractivity contribution in [3.05, 3.63) is 11.6 Å². The number of β-amino-alcohol motifs (C(OH)–C–C–N with tert-alkyl or cyclic N) is 1. The lowest BCUT2D eigenvalue weighted by Crippen LogP contribution is -2.45. The number of nitrogens with zero attached hydrogens (tertiary/aromatic N) is 2. The highest BCUT2D eigenvalue weighted by atomic mass is 16.3. The molecule has 2 atom stereocenters. The Kier molecular flexibility index (Phi) is 5.22. The molecule has 0 aromatic heterocycles. The summed E-state index contributed by atoms with van der Waals surface area (Å²) in [5, 5.41) is 10.2. The Morgan fingerprint density at radius 1 is 1.17 bits per heavy atom. The predicted octanol–water partition coefficient (Wildman–Crippen LogP) is 1.87. The second-order valence-electron chi connectivity index (χ2n) is 6.06. The molecule has 1 N–H and O–H groups in total. The molecule has 0 amide bonds. The minimum absolute atomic E-state index is 0.144. The van der Waals surface area contributed by atoms with E-state index in [0.29, 0.717) is 6.04 Å². The molecule has 2 aliphatic rings. The van der Waals surface area contributed by atoms with E-state index in [0.717, 1.165) is 26.1 Å². The van der Waals surface area contributed by atoms with Crippen LogP contribution in [0.15, 0.2) is 11.6 Å². The molecule has 18 heavy (non-hydrogen) atoms. The van der Waals surface area contributed by atoms with Crippen LogP contribution in [-0.2, 0) is 0 Å². The SMILES string of the molecule is CC(C)=CCCN1C[C@H](O)[C@@H](N2CCCCC2)C1. The summed E-state index contributed by atoms with van der Waals surface area (Å²) in [6.07, 6.45) is 7.24. The first kappa shape index (κ1) is 14.0. The summed E-state index contributed by atoms with van der Waals surface area (Å²) in [6, 6.07) is 0.386. The molecule has 0 radical (unpaired) electrons. The van der Waals surface area contributed by atoms with E-state index < -0.39 is 0 Å². The lowest BCUT2D eigenvalue weighted by molar-refractivity contribution is 0.0706. The number of allylic oxidation sites excluding steroid dienone is 1. The molecule has 0 aromatic rings. The summed E-state index contributed by atoms with van der Waals surface area (Å²) in [4.78, 5) is 4.93. The van der Waals surface area contributed by atoms with Gasteiger partial charge >= 0.3 is 0 Å². The van der Waals surface area contributed by atoms with Gasteiger partial charge in [0.25, 0.3) is 0 Å². The standard InChI is InChI=1S/C15H28N2O/c1-13(2)7-6-8-16-11-14(15(18)12-16)17-9-4-3-5-10-17/h7,14-15,18H,3-6,8-12H2,1-2H3/t14-,15-/m0/s1. The molecule has 0 bridgehead atoms. The number of likely N-dealkylation sites (tertiary alicyclic amines) is 2. The maximum Gasteiger partial charge on any atom is 0.0834 e. The molecule has 0 saturated carbocycles. The molecule has 2 heterocycles. The molecular weight excluding hydrogens is 224 g/mol. The van der Waals surface area contributed by atoms with Gasteiger partial charge in [0.1, 0.15) is 0 Å². The third-order valence-corrected chi connectivity index (χ3v) is 4.19. The van der Waals surface area contributed by atoms with Crippen LogP contribution in [-0.4, -0.2) is 59.8 Å². The maximum absolute atomic E-state index is 10.2. The fourth-order valence-electron chi connectivity index (χ4n) is 3.17. The normalized spacial score (nSPS) is 30.6. The number of piperidine rings is 1. The average molecular weight is 252 g/mol. The van der Waals surface area contributed by atoms with Crippen molar-refractivity contribution in [2.24, 2.45) is 0 Å². The monoisotopic (exact) mass is 252 g/mol. The van der Waals surface area contributed by atoms with Crippen LogP contribution in [0, 0.1) is 0 Å². The van der Waals surface area contributed by atoms with E-state index in [1.165, 1.54) is 37.9 Å². The average Bonchev–Trinajstić information content (AvgIpc) is 2.71. The van der Waals surface area contributed by atoms with Crippen LogP contribution < -0.4 is 0 Å². The van der Waals surface area contributed by atoms with Gasteiger partial charge in [-0.1, -0.05) is 18.1 Å². The van der Waals surface area contributed by atoms with E-state index in [1.54, 1.807) is 0 Å². The van der Waals surface area contributed by atoms with Crippen molar-refractivity contribution in [1.29, 1.82) is 0 Å². The zero-order valence-corrected chi connectivity index (χ0v) is 11.9. The summed E-state index contributed by atoms with van der Waals surface area (Å²) in [5.74, 6) is 0. The molecule has 104 valence electrons. The van der Waals surface area contributed by atoms with Crippen LogP contribution in [0.2, 0.25) is 0 Å². The molecule has 2 fully saturated rings. The van der Waals surface area contributed by atoms with Gasteiger partial charge in [0.2, 0.25) is 0 Å². The van der Waals surface area contributed by atoms with Crippen LogP contribution in [0.5, 0.6) is 0 Å². The highest BCUT2D eigenvalue weighted by molar-refractivity contribution is 4.96. The van der Waals surface area contributed by atoms with Gasteiger partial charge in [-0.3, -0.25) is 9.80 Å². The largest absolute Gasteiger partial charge is 0.390 e. The number of aliphatic hydroxyl groups excluding tert-OH is 1. The van der Waals surface area contributed by atoms with Gasteiger partial charge in [0.15, 0.2) is 0 Å². The lowest BCUT2D eigenvalue weighted by Gasteiger charge is -2.33. The molecule has 2 aliphatic heterocycles. The summed E-state index contributed by atoms with van der Waals surface area (Å²) >= 11 is 0. The fourth-order valence-corrected chi connectivity index (χ4v) is 3.17. The highest BCUT2D eigenvalue weighted by Gasteiger charge is 2.35. The van der Waals surface area contributed by atoms with Gasteiger partial charge in [-0.25, -0.2) is 0 Å². The van der Waals surface area contributed by atoms with Crippen molar-refractivity contribution < 1.29 is 5.11 Å². The van der Waals surface area contributed by atoms with Gasteiger partial charge in [-0.2, -0.15) is 0 Å². The van der Waals surface area contributed by atoms with E-state index in [2.05, 4.69) is 29.7 Å². The Bertz CT molecular complexity index is 280. The smallest absolute Gasteiger partial charge is 0.0834 e. The van der Waals surface area contributed by atoms with E-state index in [9.17, 15) is 5.11 Å². The molecule has 2 rings (SSSR count). The van der Waals surface area contributed by atoms with Crippen molar-refractivity contribution in [2.45, 2.75) is 51.7 Å². The summed E-state index contributed by atoms with van der Waals surface area (Å²) in [5.41, 5.74) is 1.39. The topological polar surface area (TPSA) is 26.7 Å². The molecule has 0 aromatic carbocycles. The first-order valence-electron chi connectivity index (χ1n) is 7.44. The van der Waals surface area contributed by atoms with Gasteiger partial charge < -0.3 is 5.11 Å². The van der Waals surface area contributed by atoms with Gasteiger partial charge in [0, 0.05) is 25.7 Å². The highest BCUT2D eigenvalue weighted by Crippen LogP contribution is 2.20. The van der Waals surface area contributed by atoms with E-state index in [1.807, 2.05) is 0 Å². The molecule has 0 aliphatic carbocycles. The Hall–Kier alpha value is -0.380. The maximum atomic E-state index is 10.2. The van der Waals surface area contributed by atoms with Crippen LogP contribution in [0.4, 0.5) is 0 Å². The molecule has 3 nitrogen and oxygen atoms in total. The molecule has 3 heteroatoms. The summed E-state index contributed by atoms with van der Waals surface area (Å²) < 4.78 is 0. The minimum Gasteiger partial charge on any atom is -0.390 e. The number of hydrogen-bond donors (Lipinski definition) is 1. The predicted molar refractivity (Wildman–Crippen MR) is 75.7 cm³/mol. The molecule has 2 saturated heterocycles. The van der Waals surface area contributed by atoms with Crippen molar-refractivity contribution in [1.82, 2.24) is 9.80 Å². The quantitative estimate of drug-likeness (QED) is 0.774. The number of aliphatic hydroxyl groups is 1. The third kappa shape index (κ3) is 3.81. The van der Waals surface area contributed by atoms with Gasteiger partial charge in [-0.15, -0.1) is 0 Å². The zero-order valence-electron chi connectivity index (χ0n) is 11.9. The summed E-state index contributed by atoms with van der Waals surface area (Å²) in [7, 11) is 0. The Morgan fingerprint density at radius 3 is 2.56 bits per heavy atom. The van der Waals surface area contributed by atoms with Crippen LogP contribution in [0.1, 0.15) is 39.5 Å². The zero-order chi connectivity index (χ0) is 13.0. The van der Waals surface area contributed by atoms with Crippen LogP contribution >= 0.6 is 0 Å². The fraction of sp³-hybridized carbons (Fsp3) is 0.867. The van der Waals surface area contributed by atoms with E-state index in [4.69, 9.17) is 0 Å². The third-order valence-electron chi connectivity index (χ3n) is 4.19. The van der Waals surface area contributed by atoms with Gasteiger partial charge in [0.05, 0.1) is 6.10 Å². The Labute approximate surface area is 111 Å².